The lowest BCUT2D eigenvalue weighted by Crippen LogP contribution is -2.37. The number of carbonyl (C=O) groups is 1. The highest BCUT2D eigenvalue weighted by Gasteiger charge is 2.26. The molecule has 9 heteroatoms. The summed E-state index contributed by atoms with van der Waals surface area (Å²) in [5, 5.41) is 0. The van der Waals surface area contributed by atoms with Gasteiger partial charge in [-0.25, -0.2) is 4.57 Å². The lowest BCUT2D eigenvalue weighted by atomic mass is 10.0. The first kappa shape index (κ1) is 51.3. The Morgan fingerprint density at radius 1 is 0.604 bits per heavy atom. The van der Waals surface area contributed by atoms with Gasteiger partial charge in [0.1, 0.15) is 19.8 Å². The Kier molecular flexibility index (Phi) is 36.0. The number of quaternary nitrogens is 1. The number of nitrogens with zero attached hydrogens (tertiary/aromatic N) is 1. The third-order valence-corrected chi connectivity index (χ3v) is 9.94. The number of unbranched alkanes of at least 4 members (excludes halogenated alkanes) is 19. The molecule has 0 aliphatic heterocycles. The van der Waals surface area contributed by atoms with Gasteiger partial charge in [0, 0.05) is 6.42 Å². The molecule has 0 heterocycles. The van der Waals surface area contributed by atoms with Gasteiger partial charge in [-0.2, -0.15) is 0 Å². The molecule has 0 bridgehead atoms. The fraction of sp³-hybridized carbons (Fsp3) is 0.795. The van der Waals surface area contributed by atoms with E-state index in [4.69, 9.17) is 18.5 Å². The Balaban J connectivity index is 4.40. The van der Waals surface area contributed by atoms with Gasteiger partial charge in [0.2, 0.25) is 0 Å². The van der Waals surface area contributed by atoms with Gasteiger partial charge in [0.25, 0.3) is 0 Å². The van der Waals surface area contributed by atoms with Crippen LogP contribution in [-0.4, -0.2) is 69.0 Å². The van der Waals surface area contributed by atoms with E-state index in [9.17, 15) is 14.3 Å². The monoisotopic (exact) mass is 769 g/mol. The molecule has 0 aromatic carbocycles. The maximum absolute atomic E-state index is 12.6. The largest absolute Gasteiger partial charge is 0.498 e. The SMILES string of the molecule is CCCCCCCC/C=C\C/C=C\C/C=C\CCCC(=O)OC(CO/C=C\CCCCCCCCCCCCCC)COP(=O)(O)OCC[N+](C)(C)C. The number of hydrogen-bond donors (Lipinski definition) is 1. The van der Waals surface area contributed by atoms with Crippen molar-refractivity contribution in [1.29, 1.82) is 0 Å². The fourth-order valence-electron chi connectivity index (χ4n) is 5.59. The van der Waals surface area contributed by atoms with Crippen molar-refractivity contribution in [3.8, 4) is 0 Å². The normalized spacial score (nSPS) is 14.2. The van der Waals surface area contributed by atoms with Crippen LogP contribution in [0.15, 0.2) is 48.8 Å². The van der Waals surface area contributed by atoms with Crippen LogP contribution in [0.25, 0.3) is 0 Å². The quantitative estimate of drug-likeness (QED) is 0.0166. The minimum atomic E-state index is -4.30. The van der Waals surface area contributed by atoms with Crippen molar-refractivity contribution in [2.45, 2.75) is 180 Å². The van der Waals surface area contributed by atoms with E-state index in [1.807, 2.05) is 27.2 Å². The van der Waals surface area contributed by atoms with Crippen LogP contribution in [0.1, 0.15) is 174 Å². The van der Waals surface area contributed by atoms with E-state index in [1.165, 1.54) is 116 Å². The van der Waals surface area contributed by atoms with Crippen molar-refractivity contribution >= 4 is 13.8 Å². The Hall–Kier alpha value is -1.70. The molecule has 310 valence electrons. The van der Waals surface area contributed by atoms with Gasteiger partial charge in [-0.3, -0.25) is 13.8 Å². The lowest BCUT2D eigenvalue weighted by Gasteiger charge is -2.24. The second-order valence-electron chi connectivity index (χ2n) is 15.4. The first-order valence-electron chi connectivity index (χ1n) is 21.4. The molecule has 0 aromatic rings. The van der Waals surface area contributed by atoms with E-state index in [0.717, 1.165) is 32.1 Å². The summed E-state index contributed by atoms with van der Waals surface area (Å²) in [5.41, 5.74) is 0. The number of esters is 1. The van der Waals surface area contributed by atoms with E-state index < -0.39 is 13.9 Å². The van der Waals surface area contributed by atoms with E-state index in [2.05, 4.69) is 50.3 Å². The Bertz CT molecular complexity index is 989. The summed E-state index contributed by atoms with van der Waals surface area (Å²) in [6.07, 6.45) is 45.3. The van der Waals surface area contributed by atoms with Gasteiger partial charge in [-0.15, -0.1) is 0 Å². The molecule has 8 nitrogen and oxygen atoms in total. The standard InChI is InChI=1S/C44H82NO7P/c1-6-8-10-12-14-16-18-20-22-23-24-25-27-29-31-33-35-37-44(46)52-43(42-51-53(47,48)50-40-38-45(3,4)5)41-49-39-36-34-32-30-28-26-21-19-17-15-13-11-9-7-2/h20,22,24-25,29,31,36,39,43H,6-19,21,23,26-28,30,32-35,37-38,40-42H2,1-5H3/p+1/b22-20-,25-24-,31-29-,39-36-. The highest BCUT2D eigenvalue weighted by atomic mass is 31.2. The van der Waals surface area contributed by atoms with Gasteiger partial charge in [-0.05, 0) is 57.4 Å². The van der Waals surface area contributed by atoms with Gasteiger partial charge in [0.15, 0.2) is 6.10 Å². The molecule has 53 heavy (non-hydrogen) atoms. The summed E-state index contributed by atoms with van der Waals surface area (Å²) >= 11 is 0. The van der Waals surface area contributed by atoms with Crippen molar-refractivity contribution in [3.05, 3.63) is 48.8 Å². The molecule has 0 aliphatic rings. The van der Waals surface area contributed by atoms with E-state index in [1.54, 1.807) is 6.26 Å². The van der Waals surface area contributed by atoms with Gasteiger partial charge >= 0.3 is 13.8 Å². The Labute approximate surface area is 327 Å². The molecular formula is C44H83NO7P+. The predicted octanol–water partition coefficient (Wildman–Crippen LogP) is 12.7. The smallest absolute Gasteiger partial charge is 0.472 e. The maximum atomic E-state index is 12.6. The van der Waals surface area contributed by atoms with Crippen molar-refractivity contribution in [3.63, 3.8) is 0 Å². The van der Waals surface area contributed by atoms with Crippen LogP contribution in [0.5, 0.6) is 0 Å². The first-order valence-corrected chi connectivity index (χ1v) is 22.9. The highest BCUT2D eigenvalue weighted by Crippen LogP contribution is 2.43. The molecule has 0 amide bonds. The zero-order chi connectivity index (χ0) is 39.1. The summed E-state index contributed by atoms with van der Waals surface area (Å²) in [6, 6.07) is 0. The number of likely N-dealkylation sites (N-methyl/N-ethyl adjacent to an activating group) is 1. The van der Waals surface area contributed by atoms with Crippen molar-refractivity contribution in [2.24, 2.45) is 0 Å². The highest BCUT2D eigenvalue weighted by molar-refractivity contribution is 7.47. The molecule has 0 aliphatic carbocycles. The van der Waals surface area contributed by atoms with Gasteiger partial charge < -0.3 is 18.9 Å². The van der Waals surface area contributed by atoms with Crippen LogP contribution in [0.2, 0.25) is 0 Å². The summed E-state index contributed by atoms with van der Waals surface area (Å²) in [6.45, 7) is 4.86. The summed E-state index contributed by atoms with van der Waals surface area (Å²) in [4.78, 5) is 22.8. The number of rotatable bonds is 39. The first-order chi connectivity index (χ1) is 25.6. The molecule has 2 atom stereocenters. The number of phosphoric ester groups is 1. The lowest BCUT2D eigenvalue weighted by molar-refractivity contribution is -0.870. The minimum Gasteiger partial charge on any atom is -0.498 e. The third kappa shape index (κ3) is 41.3. The van der Waals surface area contributed by atoms with Crippen LogP contribution < -0.4 is 0 Å². The molecule has 0 saturated heterocycles. The fourth-order valence-corrected chi connectivity index (χ4v) is 6.33. The average molecular weight is 769 g/mol. The van der Waals surface area contributed by atoms with Crippen LogP contribution in [0, 0.1) is 0 Å². The van der Waals surface area contributed by atoms with Crippen LogP contribution in [0.3, 0.4) is 0 Å². The molecule has 0 rings (SSSR count). The maximum Gasteiger partial charge on any atom is 0.472 e. The van der Waals surface area contributed by atoms with E-state index in [0.29, 0.717) is 17.4 Å². The summed E-state index contributed by atoms with van der Waals surface area (Å²) < 4.78 is 34.6. The second-order valence-corrected chi connectivity index (χ2v) is 16.9. The van der Waals surface area contributed by atoms with Crippen LogP contribution in [0.4, 0.5) is 0 Å². The van der Waals surface area contributed by atoms with Crippen LogP contribution >= 0.6 is 7.82 Å². The second kappa shape index (κ2) is 37.2. The van der Waals surface area contributed by atoms with E-state index in [-0.39, 0.29) is 32.2 Å². The van der Waals surface area contributed by atoms with Crippen molar-refractivity contribution in [1.82, 2.24) is 0 Å². The Morgan fingerprint density at radius 2 is 1.06 bits per heavy atom. The number of hydrogen-bond acceptors (Lipinski definition) is 6. The van der Waals surface area contributed by atoms with Crippen molar-refractivity contribution in [2.75, 3.05) is 47.5 Å². The third-order valence-electron chi connectivity index (χ3n) is 8.96. The minimum absolute atomic E-state index is 0.0278. The average Bonchev–Trinajstić information content (AvgIpc) is 3.11. The molecule has 0 aromatic heterocycles. The van der Waals surface area contributed by atoms with Crippen molar-refractivity contribution < 1.29 is 37.3 Å². The number of phosphoric acid groups is 1. The van der Waals surface area contributed by atoms with Crippen LogP contribution in [-0.2, 0) is 27.9 Å². The summed E-state index contributed by atoms with van der Waals surface area (Å²) in [7, 11) is 1.60. The zero-order valence-electron chi connectivity index (χ0n) is 35.0. The topological polar surface area (TPSA) is 91.3 Å². The predicted molar refractivity (Wildman–Crippen MR) is 224 cm³/mol. The number of carbonyl (C=O) groups excluding carboxylic acids is 1. The molecule has 0 spiro atoms. The molecule has 2 unspecified atom stereocenters. The van der Waals surface area contributed by atoms with Gasteiger partial charge in [0.05, 0.1) is 34.0 Å². The molecule has 0 fully saturated rings. The molecule has 1 N–H and O–H groups in total. The molecular weight excluding hydrogens is 685 g/mol. The van der Waals surface area contributed by atoms with Gasteiger partial charge in [-0.1, -0.05) is 153 Å². The molecule has 0 radical (unpaired) electrons. The zero-order valence-corrected chi connectivity index (χ0v) is 35.9. The Morgan fingerprint density at radius 3 is 1.57 bits per heavy atom. The number of allylic oxidation sites excluding steroid dienone is 7. The molecule has 0 saturated carbocycles. The number of ether oxygens (including phenoxy) is 2. The van der Waals surface area contributed by atoms with E-state index >= 15 is 0 Å². The summed E-state index contributed by atoms with van der Waals surface area (Å²) in [5.74, 6) is -0.387.